The Hall–Kier alpha value is -3.32. The molecule has 0 spiro atoms. The van der Waals surface area contributed by atoms with Crippen LogP contribution < -0.4 is 5.32 Å². The highest BCUT2D eigenvalue weighted by molar-refractivity contribution is 5.37. The van der Waals surface area contributed by atoms with Gasteiger partial charge in [-0.2, -0.15) is 0 Å². The summed E-state index contributed by atoms with van der Waals surface area (Å²) in [5, 5.41) is 12.0. The van der Waals surface area contributed by atoms with E-state index < -0.39 is 0 Å². The van der Waals surface area contributed by atoms with E-state index in [1.165, 1.54) is 5.56 Å². The summed E-state index contributed by atoms with van der Waals surface area (Å²) in [5.41, 5.74) is 3.29. The van der Waals surface area contributed by atoms with Crippen LogP contribution in [0.2, 0.25) is 0 Å². The van der Waals surface area contributed by atoms with Crippen LogP contribution in [-0.4, -0.2) is 42.6 Å². The van der Waals surface area contributed by atoms with E-state index in [2.05, 4.69) is 53.1 Å². The number of aromatic nitrogens is 5. The van der Waals surface area contributed by atoms with Gasteiger partial charge >= 0.3 is 0 Å². The van der Waals surface area contributed by atoms with Crippen molar-refractivity contribution in [3.8, 4) is 0 Å². The van der Waals surface area contributed by atoms with Crippen molar-refractivity contribution in [3.05, 3.63) is 84.1 Å². The number of fused-ring (bicyclic) bond motifs is 1. The van der Waals surface area contributed by atoms with E-state index in [0.29, 0.717) is 11.9 Å². The Bertz CT molecular complexity index is 1080. The molecule has 0 aliphatic carbocycles. The Morgan fingerprint density at radius 1 is 0.867 bits per heavy atom. The van der Waals surface area contributed by atoms with Gasteiger partial charge in [0.15, 0.2) is 5.65 Å². The second-order valence-corrected chi connectivity index (χ2v) is 7.79. The monoisotopic (exact) mass is 399 g/mol. The number of nitrogens with zero attached hydrogens (tertiary/aromatic N) is 6. The highest BCUT2D eigenvalue weighted by Crippen LogP contribution is 2.27. The van der Waals surface area contributed by atoms with Crippen molar-refractivity contribution in [2.45, 2.75) is 31.8 Å². The van der Waals surface area contributed by atoms with Gasteiger partial charge in [0, 0.05) is 43.2 Å². The summed E-state index contributed by atoms with van der Waals surface area (Å²) < 4.78 is 2.12. The van der Waals surface area contributed by atoms with Crippen LogP contribution in [0, 0.1) is 0 Å². The molecule has 3 aromatic heterocycles. The van der Waals surface area contributed by atoms with Gasteiger partial charge in [-0.25, -0.2) is 9.97 Å². The maximum atomic E-state index is 4.48. The number of benzene rings is 1. The Morgan fingerprint density at radius 3 is 2.43 bits per heavy atom. The molecule has 0 bridgehead atoms. The molecule has 0 amide bonds. The molecule has 7 nitrogen and oxygen atoms in total. The Balaban J connectivity index is 1.14. The quantitative estimate of drug-likeness (QED) is 0.535. The standard InChI is InChI=1S/C23H25N7/c1-2-6-18(7-3-1)14-24-23-25-15-19(16-26-23)17-29-12-9-20(10-13-29)22-28-27-21-8-4-5-11-30(21)22/h1-8,11,15-16,20H,9-10,12-14,17H2,(H,24,25,26). The fourth-order valence-electron chi connectivity index (χ4n) is 4.05. The number of hydrogen-bond donors (Lipinski definition) is 1. The lowest BCUT2D eigenvalue weighted by molar-refractivity contribution is 0.201. The molecule has 1 saturated heterocycles. The van der Waals surface area contributed by atoms with Gasteiger partial charge in [0.2, 0.25) is 5.95 Å². The molecule has 1 fully saturated rings. The molecule has 0 radical (unpaired) electrons. The van der Waals surface area contributed by atoms with Crippen LogP contribution in [-0.2, 0) is 13.1 Å². The van der Waals surface area contributed by atoms with Gasteiger partial charge in [-0.3, -0.25) is 9.30 Å². The predicted octanol–water partition coefficient (Wildman–Crippen LogP) is 3.51. The van der Waals surface area contributed by atoms with E-state index in [-0.39, 0.29) is 0 Å². The molecule has 152 valence electrons. The number of anilines is 1. The van der Waals surface area contributed by atoms with E-state index in [1.54, 1.807) is 0 Å². The number of likely N-dealkylation sites (tertiary alicyclic amines) is 1. The van der Waals surface area contributed by atoms with Crippen molar-refractivity contribution in [1.82, 2.24) is 29.5 Å². The fraction of sp³-hybridized carbons (Fsp3) is 0.304. The number of nitrogens with one attached hydrogen (secondary N) is 1. The molecule has 5 rings (SSSR count). The second-order valence-electron chi connectivity index (χ2n) is 7.79. The first-order valence-corrected chi connectivity index (χ1v) is 10.5. The summed E-state index contributed by atoms with van der Waals surface area (Å²) in [6.45, 7) is 3.69. The number of piperidine rings is 1. The summed E-state index contributed by atoms with van der Waals surface area (Å²) in [5.74, 6) is 2.21. The lowest BCUT2D eigenvalue weighted by Gasteiger charge is -2.31. The minimum Gasteiger partial charge on any atom is -0.350 e. The molecule has 0 saturated carbocycles. The third-order valence-corrected chi connectivity index (χ3v) is 5.70. The van der Waals surface area contributed by atoms with Crippen molar-refractivity contribution >= 4 is 11.6 Å². The molecular formula is C23H25N7. The van der Waals surface area contributed by atoms with Gasteiger partial charge < -0.3 is 5.32 Å². The fourth-order valence-corrected chi connectivity index (χ4v) is 4.05. The lowest BCUT2D eigenvalue weighted by atomic mass is 9.96. The molecule has 30 heavy (non-hydrogen) atoms. The molecule has 1 aliphatic heterocycles. The summed E-state index contributed by atoms with van der Waals surface area (Å²) in [6.07, 6.45) is 8.10. The normalized spacial score (nSPS) is 15.5. The lowest BCUT2D eigenvalue weighted by Crippen LogP contribution is -2.33. The Kier molecular flexibility index (Phi) is 5.35. The molecule has 1 aromatic carbocycles. The van der Waals surface area contributed by atoms with Crippen LogP contribution in [0.4, 0.5) is 5.95 Å². The van der Waals surface area contributed by atoms with Crippen molar-refractivity contribution in [2.24, 2.45) is 0 Å². The SMILES string of the molecule is c1ccc(CNc2ncc(CN3CCC(c4nnc5ccccn45)CC3)cn2)cc1. The van der Waals surface area contributed by atoms with Gasteiger partial charge in [0.1, 0.15) is 5.82 Å². The Morgan fingerprint density at radius 2 is 1.63 bits per heavy atom. The summed E-state index contributed by atoms with van der Waals surface area (Å²) in [7, 11) is 0. The summed E-state index contributed by atoms with van der Waals surface area (Å²) >= 11 is 0. The smallest absolute Gasteiger partial charge is 0.222 e. The maximum absolute atomic E-state index is 4.48. The van der Waals surface area contributed by atoms with Crippen molar-refractivity contribution in [3.63, 3.8) is 0 Å². The van der Waals surface area contributed by atoms with E-state index in [4.69, 9.17) is 0 Å². The highest BCUT2D eigenvalue weighted by Gasteiger charge is 2.24. The van der Waals surface area contributed by atoms with Crippen LogP contribution in [0.5, 0.6) is 0 Å². The molecule has 0 atom stereocenters. The molecular weight excluding hydrogens is 374 g/mol. The van der Waals surface area contributed by atoms with Gasteiger partial charge in [0.05, 0.1) is 0 Å². The molecule has 1 N–H and O–H groups in total. The van der Waals surface area contributed by atoms with Crippen molar-refractivity contribution < 1.29 is 0 Å². The third-order valence-electron chi connectivity index (χ3n) is 5.70. The zero-order chi connectivity index (χ0) is 20.2. The second kappa shape index (κ2) is 8.59. The summed E-state index contributed by atoms with van der Waals surface area (Å²) in [4.78, 5) is 11.4. The number of hydrogen-bond acceptors (Lipinski definition) is 6. The first-order chi connectivity index (χ1) is 14.8. The van der Waals surface area contributed by atoms with Crippen LogP contribution in [0.15, 0.2) is 67.1 Å². The van der Waals surface area contributed by atoms with Gasteiger partial charge in [-0.1, -0.05) is 36.4 Å². The molecule has 4 heterocycles. The highest BCUT2D eigenvalue weighted by atomic mass is 15.3. The average molecular weight is 400 g/mol. The predicted molar refractivity (Wildman–Crippen MR) is 116 cm³/mol. The van der Waals surface area contributed by atoms with Gasteiger partial charge in [0.25, 0.3) is 0 Å². The van der Waals surface area contributed by atoms with Gasteiger partial charge in [-0.05, 0) is 43.6 Å². The number of pyridine rings is 1. The first kappa shape index (κ1) is 18.7. The maximum Gasteiger partial charge on any atom is 0.222 e. The third kappa shape index (κ3) is 4.16. The van der Waals surface area contributed by atoms with Gasteiger partial charge in [-0.15, -0.1) is 10.2 Å². The van der Waals surface area contributed by atoms with Crippen molar-refractivity contribution in [1.29, 1.82) is 0 Å². The molecule has 7 heteroatoms. The zero-order valence-electron chi connectivity index (χ0n) is 16.9. The minimum atomic E-state index is 0.458. The van der Waals surface area contributed by atoms with E-state index >= 15 is 0 Å². The minimum absolute atomic E-state index is 0.458. The largest absolute Gasteiger partial charge is 0.350 e. The van der Waals surface area contributed by atoms with Crippen LogP contribution in [0.3, 0.4) is 0 Å². The first-order valence-electron chi connectivity index (χ1n) is 10.5. The van der Waals surface area contributed by atoms with Crippen LogP contribution in [0.1, 0.15) is 35.7 Å². The van der Waals surface area contributed by atoms with E-state index in [9.17, 15) is 0 Å². The average Bonchev–Trinajstić information content (AvgIpc) is 3.24. The molecule has 4 aromatic rings. The van der Waals surface area contributed by atoms with E-state index in [0.717, 1.165) is 56.1 Å². The van der Waals surface area contributed by atoms with Crippen molar-refractivity contribution in [2.75, 3.05) is 18.4 Å². The Labute approximate surface area is 175 Å². The van der Waals surface area contributed by atoms with Crippen LogP contribution in [0.25, 0.3) is 5.65 Å². The molecule has 0 unspecified atom stereocenters. The zero-order valence-corrected chi connectivity index (χ0v) is 16.9. The number of rotatable bonds is 6. The summed E-state index contributed by atoms with van der Waals surface area (Å²) in [6, 6.07) is 16.3. The van der Waals surface area contributed by atoms with Crippen LogP contribution >= 0.6 is 0 Å². The topological polar surface area (TPSA) is 71.2 Å². The van der Waals surface area contributed by atoms with E-state index in [1.807, 2.05) is 48.8 Å². The molecule has 1 aliphatic rings.